The molecule has 2 aromatic rings. The van der Waals surface area contributed by atoms with Gasteiger partial charge in [0.1, 0.15) is 18.0 Å². The lowest BCUT2D eigenvalue weighted by atomic mass is 9.82. The highest BCUT2D eigenvalue weighted by molar-refractivity contribution is 6.00. The number of nitrogens with zero attached hydrogens (tertiary/aromatic N) is 1. The van der Waals surface area contributed by atoms with Gasteiger partial charge in [0, 0.05) is 18.2 Å². The van der Waals surface area contributed by atoms with E-state index in [9.17, 15) is 18.8 Å². The first kappa shape index (κ1) is 30.9. The zero-order chi connectivity index (χ0) is 28.8. The standard InChI is InChI=1S/C29H39FN2O6/c1-16(2)24(21-11-10-20(30)14-17(21)3)19(5)37-27(34)18(4)32-15-22(33)25-26(23(36-9)12-13-31-25)38-28(35)29(6,7)8/h10-14,16,18-19,24,32H,15H2,1-9H3/t18-,19-,24+/m0/s1. The summed E-state index contributed by atoms with van der Waals surface area (Å²) in [6.07, 6.45) is 0.888. The van der Waals surface area contributed by atoms with E-state index in [-0.39, 0.29) is 41.4 Å². The highest BCUT2D eigenvalue weighted by atomic mass is 19.1. The number of ether oxygens (including phenoxy) is 3. The van der Waals surface area contributed by atoms with E-state index < -0.39 is 35.3 Å². The highest BCUT2D eigenvalue weighted by Gasteiger charge is 2.31. The first-order valence-electron chi connectivity index (χ1n) is 12.7. The Morgan fingerprint density at radius 1 is 1.08 bits per heavy atom. The number of carbonyl (C=O) groups excluding carboxylic acids is 3. The van der Waals surface area contributed by atoms with Crippen molar-refractivity contribution in [3.63, 3.8) is 0 Å². The molecule has 0 saturated heterocycles. The molecule has 0 aliphatic heterocycles. The maximum absolute atomic E-state index is 13.6. The predicted octanol–water partition coefficient (Wildman–Crippen LogP) is 5.02. The molecule has 0 amide bonds. The van der Waals surface area contributed by atoms with Gasteiger partial charge < -0.3 is 14.2 Å². The fourth-order valence-electron chi connectivity index (χ4n) is 4.07. The normalized spacial score (nSPS) is 14.0. The lowest BCUT2D eigenvalue weighted by Gasteiger charge is -2.30. The molecule has 8 nitrogen and oxygen atoms in total. The number of rotatable bonds is 11. The minimum atomic E-state index is -0.811. The van der Waals surface area contributed by atoms with Crippen molar-refractivity contribution in [2.24, 2.45) is 11.3 Å². The third-order valence-electron chi connectivity index (χ3n) is 6.20. The summed E-state index contributed by atoms with van der Waals surface area (Å²) >= 11 is 0. The van der Waals surface area contributed by atoms with E-state index in [1.165, 1.54) is 31.5 Å². The highest BCUT2D eigenvalue weighted by Crippen LogP contribution is 2.33. The van der Waals surface area contributed by atoms with Crippen LogP contribution in [0.2, 0.25) is 0 Å². The quantitative estimate of drug-likeness (QED) is 0.319. The van der Waals surface area contributed by atoms with Crippen molar-refractivity contribution >= 4 is 17.7 Å². The zero-order valence-corrected chi connectivity index (χ0v) is 23.7. The van der Waals surface area contributed by atoms with Crippen LogP contribution in [0.3, 0.4) is 0 Å². The van der Waals surface area contributed by atoms with E-state index in [0.717, 1.165) is 11.1 Å². The van der Waals surface area contributed by atoms with E-state index >= 15 is 0 Å². The van der Waals surface area contributed by atoms with Crippen LogP contribution in [0.15, 0.2) is 30.5 Å². The topological polar surface area (TPSA) is 104 Å². The zero-order valence-electron chi connectivity index (χ0n) is 23.7. The Morgan fingerprint density at radius 3 is 2.29 bits per heavy atom. The van der Waals surface area contributed by atoms with Crippen molar-refractivity contribution in [3.05, 3.63) is 53.1 Å². The molecule has 0 aliphatic rings. The molecule has 1 heterocycles. The number of ketones is 1. The van der Waals surface area contributed by atoms with E-state index in [0.29, 0.717) is 0 Å². The third kappa shape index (κ3) is 7.84. The molecule has 1 N–H and O–H groups in total. The molecule has 0 radical (unpaired) electrons. The molecule has 208 valence electrons. The number of aromatic nitrogens is 1. The van der Waals surface area contributed by atoms with Crippen molar-refractivity contribution in [1.82, 2.24) is 10.3 Å². The molecular formula is C29H39FN2O6. The van der Waals surface area contributed by atoms with E-state index in [1.807, 2.05) is 20.8 Å². The SMILES string of the molecule is COc1ccnc(C(=O)CN[C@@H](C)C(=O)O[C@@H](C)[C@H](c2ccc(F)cc2C)C(C)C)c1OC(=O)C(C)(C)C. The maximum atomic E-state index is 13.6. The van der Waals surface area contributed by atoms with Crippen LogP contribution in [0.1, 0.15) is 76.0 Å². The largest absolute Gasteiger partial charge is 0.493 e. The molecule has 0 saturated carbocycles. The van der Waals surface area contributed by atoms with Crippen LogP contribution < -0.4 is 14.8 Å². The number of nitrogens with one attached hydrogen (secondary N) is 1. The van der Waals surface area contributed by atoms with Crippen LogP contribution in [-0.4, -0.2) is 48.5 Å². The van der Waals surface area contributed by atoms with Gasteiger partial charge >= 0.3 is 11.9 Å². The molecule has 0 fully saturated rings. The first-order chi connectivity index (χ1) is 17.7. The minimum absolute atomic E-state index is 0.0694. The Balaban J connectivity index is 2.11. The van der Waals surface area contributed by atoms with E-state index in [1.54, 1.807) is 40.7 Å². The molecule has 38 heavy (non-hydrogen) atoms. The lowest BCUT2D eigenvalue weighted by molar-refractivity contribution is -0.152. The molecule has 1 aromatic carbocycles. The number of aryl methyl sites for hydroxylation is 1. The Bertz CT molecular complexity index is 1160. The molecule has 0 spiro atoms. The summed E-state index contributed by atoms with van der Waals surface area (Å²) in [6.45, 7) is 14.1. The Morgan fingerprint density at radius 2 is 1.74 bits per heavy atom. The van der Waals surface area contributed by atoms with Gasteiger partial charge in [0.25, 0.3) is 0 Å². The van der Waals surface area contributed by atoms with Crippen LogP contribution in [0.25, 0.3) is 0 Å². The van der Waals surface area contributed by atoms with Gasteiger partial charge in [-0.25, -0.2) is 9.37 Å². The summed E-state index contributed by atoms with van der Waals surface area (Å²) < 4.78 is 30.1. The summed E-state index contributed by atoms with van der Waals surface area (Å²) in [4.78, 5) is 42.4. The summed E-state index contributed by atoms with van der Waals surface area (Å²) in [5.41, 5.74) is 0.806. The van der Waals surface area contributed by atoms with Crippen LogP contribution in [0.5, 0.6) is 11.5 Å². The van der Waals surface area contributed by atoms with Gasteiger partial charge in [-0.15, -0.1) is 0 Å². The molecule has 0 aliphatic carbocycles. The van der Waals surface area contributed by atoms with E-state index in [2.05, 4.69) is 10.3 Å². The smallest absolute Gasteiger partial charge is 0.323 e. The number of benzene rings is 1. The number of halogens is 1. The fourth-order valence-corrected chi connectivity index (χ4v) is 4.07. The predicted molar refractivity (Wildman–Crippen MR) is 142 cm³/mol. The van der Waals surface area contributed by atoms with Crippen LogP contribution in [0.4, 0.5) is 4.39 Å². The van der Waals surface area contributed by atoms with Gasteiger partial charge in [0.2, 0.25) is 5.75 Å². The summed E-state index contributed by atoms with van der Waals surface area (Å²) in [5, 5.41) is 2.87. The summed E-state index contributed by atoms with van der Waals surface area (Å²) in [6, 6.07) is 5.28. The van der Waals surface area contributed by atoms with Crippen molar-refractivity contribution < 1.29 is 33.0 Å². The van der Waals surface area contributed by atoms with Gasteiger partial charge in [0.05, 0.1) is 19.1 Å². The number of esters is 2. The second-order valence-electron chi connectivity index (χ2n) is 10.8. The lowest BCUT2D eigenvalue weighted by Crippen LogP contribution is -2.41. The van der Waals surface area contributed by atoms with Crippen molar-refractivity contribution in [1.29, 1.82) is 0 Å². The van der Waals surface area contributed by atoms with E-state index in [4.69, 9.17) is 14.2 Å². The molecule has 0 unspecified atom stereocenters. The van der Waals surface area contributed by atoms with Gasteiger partial charge in [-0.1, -0.05) is 19.9 Å². The number of pyridine rings is 1. The molecule has 1 aromatic heterocycles. The fraction of sp³-hybridized carbons (Fsp3) is 0.517. The summed E-state index contributed by atoms with van der Waals surface area (Å²) in [5.74, 6) is -1.78. The van der Waals surface area contributed by atoms with Crippen molar-refractivity contribution in [2.45, 2.75) is 73.5 Å². The van der Waals surface area contributed by atoms with Gasteiger partial charge in [-0.3, -0.25) is 19.7 Å². The number of hydrogen-bond acceptors (Lipinski definition) is 8. The van der Waals surface area contributed by atoms with Crippen LogP contribution >= 0.6 is 0 Å². The number of carbonyl (C=O) groups is 3. The van der Waals surface area contributed by atoms with Gasteiger partial charge in [0.15, 0.2) is 17.2 Å². The van der Waals surface area contributed by atoms with Crippen molar-refractivity contribution in [3.8, 4) is 11.5 Å². The monoisotopic (exact) mass is 530 g/mol. The summed E-state index contributed by atoms with van der Waals surface area (Å²) in [7, 11) is 1.40. The molecule has 0 bridgehead atoms. The number of Topliss-reactive ketones (excluding diaryl/α,β-unsaturated/α-hetero) is 1. The number of hydrogen-bond donors (Lipinski definition) is 1. The Kier molecular flexibility index (Phi) is 10.5. The second-order valence-corrected chi connectivity index (χ2v) is 10.8. The van der Waals surface area contributed by atoms with Crippen molar-refractivity contribution in [2.75, 3.05) is 13.7 Å². The van der Waals surface area contributed by atoms with Crippen LogP contribution in [0, 0.1) is 24.1 Å². The first-order valence-corrected chi connectivity index (χ1v) is 12.7. The van der Waals surface area contributed by atoms with Gasteiger partial charge in [-0.2, -0.15) is 0 Å². The second kappa shape index (κ2) is 13.0. The average Bonchev–Trinajstić information content (AvgIpc) is 2.83. The molecule has 2 rings (SSSR count). The maximum Gasteiger partial charge on any atom is 0.323 e. The Labute approximate surface area is 224 Å². The Hall–Kier alpha value is -3.33. The minimum Gasteiger partial charge on any atom is -0.493 e. The average molecular weight is 531 g/mol. The molecule has 3 atom stereocenters. The molecular weight excluding hydrogens is 491 g/mol. The van der Waals surface area contributed by atoms with Gasteiger partial charge in [-0.05, 0) is 70.7 Å². The number of methoxy groups -OCH3 is 1. The third-order valence-corrected chi connectivity index (χ3v) is 6.20. The van der Waals surface area contributed by atoms with Crippen LogP contribution in [-0.2, 0) is 14.3 Å². The molecule has 9 heteroatoms.